The number of benzene rings is 2. The third-order valence-electron chi connectivity index (χ3n) is 6.29. The zero-order valence-corrected chi connectivity index (χ0v) is 21.0. The Morgan fingerprint density at radius 2 is 2.00 bits per heavy atom. The third kappa shape index (κ3) is 5.94. The van der Waals surface area contributed by atoms with E-state index in [-0.39, 0.29) is 23.9 Å². The van der Waals surface area contributed by atoms with E-state index >= 15 is 0 Å². The molecule has 9 heteroatoms. The molecule has 0 spiro atoms. The van der Waals surface area contributed by atoms with Crippen LogP contribution in [0.3, 0.4) is 0 Å². The monoisotopic (exact) mass is 504 g/mol. The highest BCUT2D eigenvalue weighted by atomic mass is 19.1. The average molecular weight is 505 g/mol. The molecule has 0 fully saturated rings. The molecule has 0 radical (unpaired) electrons. The number of carbonyl (C=O) groups is 2. The summed E-state index contributed by atoms with van der Waals surface area (Å²) in [5.74, 6) is -0.429. The molecule has 0 aliphatic carbocycles. The maximum absolute atomic E-state index is 14.3. The summed E-state index contributed by atoms with van der Waals surface area (Å²) in [6.07, 6.45) is 6.81. The van der Waals surface area contributed by atoms with Gasteiger partial charge in [-0.25, -0.2) is 14.4 Å². The molecule has 8 nitrogen and oxygen atoms in total. The number of nitrogens with zero attached hydrogens (tertiary/aromatic N) is 3. The maximum atomic E-state index is 14.3. The van der Waals surface area contributed by atoms with Crippen LogP contribution in [0.2, 0.25) is 0 Å². The highest BCUT2D eigenvalue weighted by Crippen LogP contribution is 2.29. The van der Waals surface area contributed by atoms with Crippen molar-refractivity contribution in [1.29, 1.82) is 0 Å². The Hall–Kier alpha value is -4.27. The summed E-state index contributed by atoms with van der Waals surface area (Å²) in [5.41, 5.74) is 4.16. The second-order valence-electron chi connectivity index (χ2n) is 9.14. The van der Waals surface area contributed by atoms with E-state index in [9.17, 15) is 14.0 Å². The number of halogens is 1. The van der Waals surface area contributed by atoms with Crippen LogP contribution >= 0.6 is 0 Å². The number of aliphatic carboxylic acids is 1. The fourth-order valence-corrected chi connectivity index (χ4v) is 4.37. The van der Waals surface area contributed by atoms with Crippen LogP contribution in [-0.4, -0.2) is 38.3 Å². The minimum absolute atomic E-state index is 0.0386. The van der Waals surface area contributed by atoms with Crippen LogP contribution in [0.4, 0.5) is 15.9 Å². The normalized spacial score (nSPS) is 11.9. The summed E-state index contributed by atoms with van der Waals surface area (Å²) < 4.78 is 21.1. The first-order chi connectivity index (χ1) is 17.8. The first-order valence-corrected chi connectivity index (χ1v) is 12.1. The molecule has 192 valence electrons. The second-order valence-corrected chi connectivity index (χ2v) is 9.14. The van der Waals surface area contributed by atoms with E-state index in [1.54, 1.807) is 36.8 Å². The van der Waals surface area contributed by atoms with Crippen LogP contribution in [-0.2, 0) is 4.79 Å². The Morgan fingerprint density at radius 3 is 2.70 bits per heavy atom. The highest BCUT2D eigenvalue weighted by molar-refractivity contribution is 5.98. The number of carbonyl (C=O) groups excluding carboxylic acids is 1. The smallest absolute Gasteiger partial charge is 0.303 e. The summed E-state index contributed by atoms with van der Waals surface area (Å²) >= 11 is 0. The van der Waals surface area contributed by atoms with E-state index < -0.39 is 11.8 Å². The number of nitrogens with one attached hydrogen (secondary N) is 1. The zero-order valence-electron chi connectivity index (χ0n) is 21.0. The molecule has 2 aromatic carbocycles. The Kier molecular flexibility index (Phi) is 7.81. The number of fused-ring (bicyclic) bond motifs is 1. The molecule has 37 heavy (non-hydrogen) atoms. The molecule has 4 aromatic rings. The lowest BCUT2D eigenvalue weighted by Gasteiger charge is -2.13. The fraction of sp³-hybridized carbons (Fsp3) is 0.286. The molecule has 4 rings (SSSR count). The van der Waals surface area contributed by atoms with Gasteiger partial charge in [-0.15, -0.1) is 0 Å². The molecule has 2 heterocycles. The molecule has 2 N–H and O–H groups in total. The van der Waals surface area contributed by atoms with E-state index in [0.717, 1.165) is 11.3 Å². The van der Waals surface area contributed by atoms with Crippen molar-refractivity contribution in [2.75, 3.05) is 12.4 Å². The van der Waals surface area contributed by atoms with Crippen LogP contribution in [0.15, 0.2) is 55.0 Å². The van der Waals surface area contributed by atoms with Gasteiger partial charge in [0.15, 0.2) is 28.8 Å². The third-order valence-corrected chi connectivity index (χ3v) is 6.29. The molecule has 1 atom stereocenters. The van der Waals surface area contributed by atoms with Crippen LogP contribution in [0.1, 0.15) is 48.5 Å². The lowest BCUT2D eigenvalue weighted by Crippen LogP contribution is -2.09. The summed E-state index contributed by atoms with van der Waals surface area (Å²) in [4.78, 5) is 32.4. The van der Waals surface area contributed by atoms with E-state index in [1.165, 1.54) is 13.2 Å². The van der Waals surface area contributed by atoms with Gasteiger partial charge in [0, 0.05) is 42.0 Å². The molecule has 2 aromatic heterocycles. The van der Waals surface area contributed by atoms with Gasteiger partial charge in [-0.3, -0.25) is 14.0 Å². The first-order valence-electron chi connectivity index (χ1n) is 12.1. The molecular weight excluding hydrogens is 475 g/mol. The fourth-order valence-electron chi connectivity index (χ4n) is 4.37. The number of carboxylic acids is 1. The lowest BCUT2D eigenvalue weighted by molar-refractivity contribution is -0.137. The van der Waals surface area contributed by atoms with E-state index in [0.29, 0.717) is 47.5 Å². The minimum atomic E-state index is -0.816. The number of anilines is 2. The van der Waals surface area contributed by atoms with Gasteiger partial charge in [-0.05, 0) is 67.6 Å². The molecule has 0 bridgehead atoms. The van der Waals surface area contributed by atoms with Crippen molar-refractivity contribution in [2.24, 2.45) is 5.92 Å². The number of carboxylic acid groups (broad SMARTS) is 1. The second kappa shape index (κ2) is 11.2. The van der Waals surface area contributed by atoms with Crippen molar-refractivity contribution in [3.63, 3.8) is 0 Å². The van der Waals surface area contributed by atoms with Gasteiger partial charge in [-0.2, -0.15) is 0 Å². The summed E-state index contributed by atoms with van der Waals surface area (Å²) in [7, 11) is 1.42. The number of aromatic nitrogens is 3. The molecule has 0 aliphatic rings. The van der Waals surface area contributed by atoms with E-state index in [4.69, 9.17) is 9.84 Å². The number of methoxy groups -OCH3 is 1. The van der Waals surface area contributed by atoms with Crippen LogP contribution in [0.25, 0.3) is 16.9 Å². The number of Topliss-reactive ketones (excluding diaryl/α,β-unsaturated/α-hetero) is 1. The number of hydrogen-bond acceptors (Lipinski definition) is 6. The van der Waals surface area contributed by atoms with Gasteiger partial charge in [-0.1, -0.05) is 6.92 Å². The SMILES string of the molecule is COc1ccc(-c2cnc3c(Nc4ccc(C(=O)CC(C)CCCC(=O)O)c(C)c4)nccn23)cc1F. The Morgan fingerprint density at radius 1 is 1.19 bits per heavy atom. The Balaban J connectivity index is 1.50. The van der Waals surface area contributed by atoms with Crippen molar-refractivity contribution in [3.8, 4) is 17.0 Å². The molecule has 0 saturated heterocycles. The van der Waals surface area contributed by atoms with E-state index in [1.807, 2.05) is 30.4 Å². The highest BCUT2D eigenvalue weighted by Gasteiger charge is 2.16. The zero-order chi connectivity index (χ0) is 26.5. The number of imidazole rings is 1. The van der Waals surface area contributed by atoms with Crippen LogP contribution in [0.5, 0.6) is 5.75 Å². The van der Waals surface area contributed by atoms with Crippen molar-refractivity contribution in [3.05, 3.63) is 71.9 Å². The summed E-state index contributed by atoms with van der Waals surface area (Å²) in [6, 6.07) is 10.3. The van der Waals surface area contributed by atoms with Crippen molar-refractivity contribution in [1.82, 2.24) is 14.4 Å². The van der Waals surface area contributed by atoms with E-state index in [2.05, 4.69) is 15.3 Å². The average Bonchev–Trinajstić information content (AvgIpc) is 3.29. The van der Waals surface area contributed by atoms with Crippen LogP contribution < -0.4 is 10.1 Å². The van der Waals surface area contributed by atoms with Gasteiger partial charge in [0.1, 0.15) is 0 Å². The Bertz CT molecular complexity index is 1450. The number of ketones is 1. The van der Waals surface area contributed by atoms with Gasteiger partial charge >= 0.3 is 5.97 Å². The predicted octanol–water partition coefficient (Wildman–Crippen LogP) is 6.06. The van der Waals surface area contributed by atoms with Gasteiger partial charge in [0.25, 0.3) is 0 Å². The van der Waals surface area contributed by atoms with Crippen molar-refractivity contribution < 1.29 is 23.8 Å². The molecule has 0 amide bonds. The number of ether oxygens (including phenoxy) is 1. The summed E-state index contributed by atoms with van der Waals surface area (Å²) in [6.45, 7) is 3.85. The molecule has 0 saturated carbocycles. The van der Waals surface area contributed by atoms with Gasteiger partial charge in [0.2, 0.25) is 0 Å². The quantitative estimate of drug-likeness (QED) is 0.239. The molecular formula is C28H29FN4O4. The Labute approximate surface area is 214 Å². The predicted molar refractivity (Wildman–Crippen MR) is 139 cm³/mol. The number of hydrogen-bond donors (Lipinski definition) is 2. The maximum Gasteiger partial charge on any atom is 0.303 e. The lowest BCUT2D eigenvalue weighted by atomic mass is 9.93. The largest absolute Gasteiger partial charge is 0.494 e. The minimum Gasteiger partial charge on any atom is -0.494 e. The van der Waals surface area contributed by atoms with Gasteiger partial charge < -0.3 is 15.2 Å². The van der Waals surface area contributed by atoms with Crippen molar-refractivity contribution >= 4 is 28.9 Å². The number of rotatable bonds is 11. The molecule has 0 aliphatic heterocycles. The number of aryl methyl sites for hydroxylation is 1. The molecule has 1 unspecified atom stereocenters. The van der Waals surface area contributed by atoms with Crippen molar-refractivity contribution in [2.45, 2.75) is 39.5 Å². The topological polar surface area (TPSA) is 106 Å². The van der Waals surface area contributed by atoms with Gasteiger partial charge in [0.05, 0.1) is 19.0 Å². The standard InChI is InChI=1S/C28H29FN4O4/c1-17(5-4-6-26(35)36)13-24(34)21-9-8-20(14-18(21)2)32-27-28-31-16-23(33(28)12-11-30-27)19-7-10-25(37-3)22(29)15-19/h7-12,14-17H,4-6,13H2,1-3H3,(H,30,32)(H,35,36). The first kappa shape index (κ1) is 25.8. The van der Waals surface area contributed by atoms with Crippen LogP contribution in [0, 0.1) is 18.7 Å². The summed E-state index contributed by atoms with van der Waals surface area (Å²) in [5, 5.41) is 12.1.